The second-order valence-electron chi connectivity index (χ2n) is 5.95. The number of ketones is 1. The highest BCUT2D eigenvalue weighted by Gasteiger charge is 2.19. The van der Waals surface area contributed by atoms with Gasteiger partial charge in [-0.2, -0.15) is 0 Å². The van der Waals surface area contributed by atoms with Crippen LogP contribution in [0.15, 0.2) is 42.5 Å². The minimum Gasteiger partial charge on any atom is -0.325 e. The summed E-state index contributed by atoms with van der Waals surface area (Å²) >= 11 is 12.1. The van der Waals surface area contributed by atoms with Gasteiger partial charge in [0, 0.05) is 27.8 Å². The molecule has 0 saturated heterocycles. The Labute approximate surface area is 157 Å². The van der Waals surface area contributed by atoms with Crippen molar-refractivity contribution in [1.82, 2.24) is 4.90 Å². The lowest BCUT2D eigenvalue weighted by molar-refractivity contribution is -0.120. The molecule has 1 amide bonds. The van der Waals surface area contributed by atoms with Crippen LogP contribution in [0.4, 0.5) is 5.69 Å². The first-order chi connectivity index (χ1) is 11.8. The maximum Gasteiger partial charge on any atom is 0.241 e. The molecule has 0 radical (unpaired) electrons. The maximum absolute atomic E-state index is 12.4. The van der Waals surface area contributed by atoms with Crippen LogP contribution in [0.2, 0.25) is 10.0 Å². The van der Waals surface area contributed by atoms with Crippen LogP contribution in [-0.4, -0.2) is 29.7 Å². The third-order valence-electron chi connectivity index (χ3n) is 4.03. The number of carbonyl (C=O) groups excluding carboxylic acids is 2. The van der Waals surface area contributed by atoms with Gasteiger partial charge < -0.3 is 5.32 Å². The van der Waals surface area contributed by atoms with Gasteiger partial charge in [-0.3, -0.25) is 14.5 Å². The summed E-state index contributed by atoms with van der Waals surface area (Å²) in [5.74, 6) is -0.144. The van der Waals surface area contributed by atoms with Crippen molar-refractivity contribution in [1.29, 1.82) is 0 Å². The molecule has 132 valence electrons. The molecular weight excluding hydrogens is 359 g/mol. The average Bonchev–Trinajstić information content (AvgIpc) is 2.57. The van der Waals surface area contributed by atoms with Crippen LogP contribution in [0.1, 0.15) is 29.8 Å². The Morgan fingerprint density at radius 1 is 1.12 bits per heavy atom. The molecule has 0 unspecified atom stereocenters. The van der Waals surface area contributed by atoms with Crippen molar-refractivity contribution in [2.45, 2.75) is 26.4 Å². The molecule has 2 aromatic rings. The molecule has 0 aromatic heterocycles. The highest BCUT2D eigenvalue weighted by Crippen LogP contribution is 2.22. The summed E-state index contributed by atoms with van der Waals surface area (Å²) in [7, 11) is 1.86. The molecule has 0 bridgehead atoms. The Bertz CT molecular complexity index is 775. The SMILES string of the molecule is CC(=O)c1ccc(NC(=O)[C@H](C)N(C)Cc2ccc(Cl)cc2Cl)cc1. The van der Waals surface area contributed by atoms with Crippen LogP contribution in [-0.2, 0) is 11.3 Å². The molecule has 0 aliphatic carbocycles. The van der Waals surface area contributed by atoms with E-state index in [2.05, 4.69) is 5.32 Å². The summed E-state index contributed by atoms with van der Waals surface area (Å²) in [5, 5.41) is 4.01. The zero-order valence-corrected chi connectivity index (χ0v) is 15.9. The monoisotopic (exact) mass is 378 g/mol. The summed E-state index contributed by atoms with van der Waals surface area (Å²) in [5.41, 5.74) is 2.17. The Balaban J connectivity index is 1.99. The number of likely N-dealkylation sites (N-methyl/N-ethyl adjacent to an activating group) is 1. The molecular formula is C19H20Cl2N2O2. The lowest BCUT2D eigenvalue weighted by Gasteiger charge is -2.24. The minimum absolute atomic E-state index is 0.00850. The van der Waals surface area contributed by atoms with Gasteiger partial charge in [0.2, 0.25) is 5.91 Å². The van der Waals surface area contributed by atoms with Crippen molar-refractivity contribution >= 4 is 40.6 Å². The number of halogens is 2. The van der Waals surface area contributed by atoms with Gasteiger partial charge in [-0.05, 0) is 62.9 Å². The third kappa shape index (κ3) is 5.30. The molecule has 0 heterocycles. The number of rotatable bonds is 6. The van der Waals surface area contributed by atoms with Crippen LogP contribution in [0.3, 0.4) is 0 Å². The lowest BCUT2D eigenvalue weighted by Crippen LogP contribution is -2.39. The Morgan fingerprint density at radius 3 is 2.32 bits per heavy atom. The number of nitrogens with zero attached hydrogens (tertiary/aromatic N) is 1. The Morgan fingerprint density at radius 2 is 1.76 bits per heavy atom. The fraction of sp³-hybridized carbons (Fsp3) is 0.263. The van der Waals surface area contributed by atoms with Crippen LogP contribution in [0, 0.1) is 0 Å². The smallest absolute Gasteiger partial charge is 0.241 e. The Kier molecular flexibility index (Phi) is 6.59. The lowest BCUT2D eigenvalue weighted by atomic mass is 10.1. The molecule has 2 aromatic carbocycles. The van der Waals surface area contributed by atoms with E-state index in [1.807, 2.05) is 24.9 Å². The summed E-state index contributed by atoms with van der Waals surface area (Å²) in [6, 6.07) is 11.8. The standard InChI is InChI=1S/C19H20Cl2N2O2/c1-12(23(3)11-15-4-7-16(20)10-18(15)21)19(25)22-17-8-5-14(6-9-17)13(2)24/h4-10,12H,11H2,1-3H3,(H,22,25)/t12-/m0/s1. The summed E-state index contributed by atoms with van der Waals surface area (Å²) in [4.78, 5) is 25.6. The third-order valence-corrected chi connectivity index (χ3v) is 4.62. The summed E-state index contributed by atoms with van der Waals surface area (Å²) < 4.78 is 0. The van der Waals surface area contributed by atoms with Crippen molar-refractivity contribution in [3.63, 3.8) is 0 Å². The molecule has 6 heteroatoms. The number of Topliss-reactive ketones (excluding diaryl/α,β-unsaturated/α-hetero) is 1. The van der Waals surface area contributed by atoms with Crippen molar-refractivity contribution < 1.29 is 9.59 Å². The number of anilines is 1. The highest BCUT2D eigenvalue weighted by atomic mass is 35.5. The number of amides is 1. The number of nitrogens with one attached hydrogen (secondary N) is 1. The van der Waals surface area contributed by atoms with Crippen LogP contribution < -0.4 is 5.32 Å². The fourth-order valence-electron chi connectivity index (χ4n) is 2.29. The maximum atomic E-state index is 12.4. The largest absolute Gasteiger partial charge is 0.325 e. The molecule has 1 atom stereocenters. The van der Waals surface area contributed by atoms with E-state index in [-0.39, 0.29) is 17.7 Å². The van der Waals surface area contributed by atoms with Gasteiger partial charge in [-0.15, -0.1) is 0 Å². The van der Waals surface area contributed by atoms with Crippen molar-refractivity contribution in [2.24, 2.45) is 0 Å². The number of hydrogen-bond acceptors (Lipinski definition) is 3. The first-order valence-corrected chi connectivity index (χ1v) is 8.59. The molecule has 0 aliphatic heterocycles. The van der Waals surface area contributed by atoms with E-state index in [4.69, 9.17) is 23.2 Å². The fourth-order valence-corrected chi connectivity index (χ4v) is 2.76. The molecule has 0 aliphatic rings. The van der Waals surface area contributed by atoms with E-state index < -0.39 is 0 Å². The van der Waals surface area contributed by atoms with E-state index in [9.17, 15) is 9.59 Å². The average molecular weight is 379 g/mol. The predicted molar refractivity (Wildman–Crippen MR) is 102 cm³/mol. The quantitative estimate of drug-likeness (QED) is 0.743. The van der Waals surface area contributed by atoms with Gasteiger partial charge in [0.25, 0.3) is 0 Å². The number of hydrogen-bond donors (Lipinski definition) is 1. The van der Waals surface area contributed by atoms with Crippen LogP contribution in [0.5, 0.6) is 0 Å². The molecule has 2 rings (SSSR count). The second kappa shape index (κ2) is 8.48. The normalized spacial score (nSPS) is 12.1. The van der Waals surface area contributed by atoms with Crippen molar-refractivity contribution in [2.75, 3.05) is 12.4 Å². The van der Waals surface area contributed by atoms with E-state index in [1.165, 1.54) is 6.92 Å². The van der Waals surface area contributed by atoms with E-state index in [1.54, 1.807) is 36.4 Å². The summed E-state index contributed by atoms with van der Waals surface area (Å²) in [6.45, 7) is 3.85. The van der Waals surface area contributed by atoms with Gasteiger partial charge in [0.15, 0.2) is 5.78 Å². The van der Waals surface area contributed by atoms with Gasteiger partial charge in [-0.25, -0.2) is 0 Å². The Hall–Kier alpha value is -1.88. The molecule has 0 saturated carbocycles. The zero-order valence-electron chi connectivity index (χ0n) is 14.3. The molecule has 1 N–H and O–H groups in total. The van der Waals surface area contributed by atoms with Crippen LogP contribution >= 0.6 is 23.2 Å². The van der Waals surface area contributed by atoms with E-state index >= 15 is 0 Å². The summed E-state index contributed by atoms with van der Waals surface area (Å²) in [6.07, 6.45) is 0. The molecule has 25 heavy (non-hydrogen) atoms. The van der Waals surface area contributed by atoms with Crippen molar-refractivity contribution in [3.8, 4) is 0 Å². The first kappa shape index (κ1) is 19.4. The molecule has 0 fully saturated rings. The zero-order chi connectivity index (χ0) is 18.6. The topological polar surface area (TPSA) is 49.4 Å². The van der Waals surface area contributed by atoms with Gasteiger partial charge in [-0.1, -0.05) is 29.3 Å². The van der Waals surface area contributed by atoms with Crippen LogP contribution in [0.25, 0.3) is 0 Å². The second-order valence-corrected chi connectivity index (χ2v) is 6.79. The van der Waals surface area contributed by atoms with Gasteiger partial charge in [0.05, 0.1) is 6.04 Å². The first-order valence-electron chi connectivity index (χ1n) is 7.84. The minimum atomic E-state index is -0.362. The predicted octanol–water partition coefficient (Wildman–Crippen LogP) is 4.66. The number of carbonyl (C=O) groups is 2. The van der Waals surface area contributed by atoms with Gasteiger partial charge in [0.1, 0.15) is 0 Å². The molecule has 4 nitrogen and oxygen atoms in total. The van der Waals surface area contributed by atoms with E-state index in [0.29, 0.717) is 27.8 Å². The highest BCUT2D eigenvalue weighted by molar-refractivity contribution is 6.35. The van der Waals surface area contributed by atoms with Crippen molar-refractivity contribution in [3.05, 3.63) is 63.6 Å². The number of benzene rings is 2. The molecule has 0 spiro atoms. The van der Waals surface area contributed by atoms with Gasteiger partial charge >= 0.3 is 0 Å². The van der Waals surface area contributed by atoms with E-state index in [0.717, 1.165) is 5.56 Å².